The number of rotatable bonds is 8. The van der Waals surface area contributed by atoms with Gasteiger partial charge in [-0.3, -0.25) is 39.5 Å². The summed E-state index contributed by atoms with van der Waals surface area (Å²) in [5.74, 6) is -0.167. The van der Waals surface area contributed by atoms with E-state index in [1.807, 2.05) is 0 Å². The van der Waals surface area contributed by atoms with E-state index >= 15 is 0 Å². The molecule has 214 valence electrons. The molecular weight excluding hydrogens is 532 g/mol. The SMILES string of the molecule is Nc1nc2c(ncn2[C@@H]2O[C@H](CCNN[C@H]3C[C@H](n4cnc5c(=O)[nH]c(N)nc54)O[C@@H]3CO)[C@@H](O)[C@H]2O)c(=O)[nH]1. The second kappa shape index (κ2) is 10.2. The number of ether oxygens (including phenoxy) is 2. The van der Waals surface area contributed by atoms with Crippen molar-refractivity contribution in [1.29, 1.82) is 0 Å². The molecule has 19 heteroatoms. The monoisotopic (exact) mass is 560 g/mol. The van der Waals surface area contributed by atoms with Crippen LogP contribution in [0.2, 0.25) is 0 Å². The molecule has 19 nitrogen and oxygen atoms in total. The van der Waals surface area contributed by atoms with Crippen LogP contribution < -0.4 is 33.4 Å². The molecule has 7 atom stereocenters. The van der Waals surface area contributed by atoms with Crippen LogP contribution in [-0.4, -0.2) is 98.0 Å². The van der Waals surface area contributed by atoms with Gasteiger partial charge < -0.3 is 36.3 Å². The lowest BCUT2D eigenvalue weighted by atomic mass is 10.1. The number of aromatic amines is 2. The summed E-state index contributed by atoms with van der Waals surface area (Å²) in [5, 5.41) is 31.1. The van der Waals surface area contributed by atoms with Gasteiger partial charge in [-0.1, -0.05) is 0 Å². The summed E-state index contributed by atoms with van der Waals surface area (Å²) < 4.78 is 14.8. The van der Waals surface area contributed by atoms with Gasteiger partial charge in [0.25, 0.3) is 11.1 Å². The second-order valence-corrected chi connectivity index (χ2v) is 9.61. The molecule has 0 bridgehead atoms. The zero-order valence-electron chi connectivity index (χ0n) is 20.8. The number of hydrogen-bond acceptors (Lipinski definition) is 15. The van der Waals surface area contributed by atoms with E-state index in [4.69, 9.17) is 20.9 Å². The number of aromatic nitrogens is 8. The van der Waals surface area contributed by atoms with Crippen molar-refractivity contribution in [3.8, 4) is 0 Å². The highest BCUT2D eigenvalue weighted by Gasteiger charge is 2.44. The average molecular weight is 561 g/mol. The van der Waals surface area contributed by atoms with Crippen molar-refractivity contribution in [3.63, 3.8) is 0 Å². The van der Waals surface area contributed by atoms with Crippen LogP contribution in [0.15, 0.2) is 22.2 Å². The van der Waals surface area contributed by atoms with Crippen LogP contribution in [0.5, 0.6) is 0 Å². The highest BCUT2D eigenvalue weighted by molar-refractivity contribution is 5.71. The molecular formula is C21H28N12O7. The van der Waals surface area contributed by atoms with Gasteiger partial charge in [0.2, 0.25) is 11.9 Å². The van der Waals surface area contributed by atoms with Gasteiger partial charge in [-0.25, -0.2) is 9.97 Å². The molecule has 0 aromatic carbocycles. The Kier molecular flexibility index (Phi) is 6.70. The van der Waals surface area contributed by atoms with Crippen molar-refractivity contribution in [2.45, 2.75) is 55.8 Å². The molecule has 2 aliphatic heterocycles. The first-order valence-corrected chi connectivity index (χ1v) is 12.5. The number of anilines is 2. The van der Waals surface area contributed by atoms with Crippen molar-refractivity contribution >= 4 is 34.2 Å². The maximum absolute atomic E-state index is 12.1. The fourth-order valence-electron chi connectivity index (χ4n) is 5.12. The summed E-state index contributed by atoms with van der Waals surface area (Å²) in [6.07, 6.45) is -2.01. The van der Waals surface area contributed by atoms with Gasteiger partial charge in [0, 0.05) is 13.0 Å². The molecule has 0 radical (unpaired) electrons. The normalized spacial score (nSPS) is 28.7. The largest absolute Gasteiger partial charge is 0.394 e. The number of nitrogen functional groups attached to an aromatic ring is 2. The van der Waals surface area contributed by atoms with Crippen molar-refractivity contribution in [2.75, 3.05) is 24.6 Å². The van der Waals surface area contributed by atoms with Gasteiger partial charge in [0.1, 0.15) is 18.4 Å². The molecule has 2 fully saturated rings. The molecule has 11 N–H and O–H groups in total. The molecule has 40 heavy (non-hydrogen) atoms. The number of imidazole rings is 2. The van der Waals surface area contributed by atoms with Gasteiger partial charge in [-0.2, -0.15) is 9.97 Å². The van der Waals surface area contributed by atoms with Crippen LogP contribution >= 0.6 is 0 Å². The molecule has 0 aliphatic carbocycles. The van der Waals surface area contributed by atoms with Crippen molar-refractivity contribution in [2.24, 2.45) is 0 Å². The standard InChI is InChI=1S/C21H28N12O7/c22-20-27-15-11(17(37)29-20)24-5-32(15)10-3-7(9(4-34)39-10)31-26-2-1-8-13(35)14(36)19(40-8)33-6-25-12-16(33)28-21(23)30-18(12)38/h5-10,13-14,19,26,31,34-36H,1-4H2,(H3,22,27,29,37)(H3,23,28,30,38)/t7-,8+,9+,10+,13+,14+,19+/m0/s1. The molecule has 0 spiro atoms. The molecule has 4 aromatic heterocycles. The summed E-state index contributed by atoms with van der Waals surface area (Å²) in [6.45, 7) is 0.0503. The van der Waals surface area contributed by atoms with Crippen molar-refractivity contribution in [1.82, 2.24) is 49.9 Å². The quantitative estimate of drug-likeness (QED) is 0.0737. The van der Waals surface area contributed by atoms with E-state index in [0.717, 1.165) is 0 Å². The fourth-order valence-corrected chi connectivity index (χ4v) is 5.12. The summed E-state index contributed by atoms with van der Waals surface area (Å²) >= 11 is 0. The molecule has 2 aliphatic rings. The molecule has 0 saturated carbocycles. The number of aliphatic hydroxyl groups excluding tert-OH is 3. The summed E-state index contributed by atoms with van der Waals surface area (Å²) in [5.41, 5.74) is 17.0. The Hall–Kier alpha value is -3.98. The van der Waals surface area contributed by atoms with Crippen molar-refractivity contribution < 1.29 is 24.8 Å². The number of fused-ring (bicyclic) bond motifs is 2. The van der Waals surface area contributed by atoms with Crippen LogP contribution in [-0.2, 0) is 9.47 Å². The molecule has 4 aromatic rings. The Balaban J connectivity index is 1.07. The van der Waals surface area contributed by atoms with Gasteiger partial charge in [-0.15, -0.1) is 0 Å². The first-order chi connectivity index (χ1) is 19.2. The Morgan fingerprint density at radius 3 is 2.23 bits per heavy atom. The first-order valence-electron chi connectivity index (χ1n) is 12.5. The minimum atomic E-state index is -1.31. The van der Waals surface area contributed by atoms with Gasteiger partial charge in [0.15, 0.2) is 28.6 Å². The molecule has 6 rings (SSSR count). The lowest BCUT2D eigenvalue weighted by molar-refractivity contribution is -0.0373. The molecule has 0 unspecified atom stereocenters. The summed E-state index contributed by atoms with van der Waals surface area (Å²) in [4.78, 5) is 45.2. The minimum Gasteiger partial charge on any atom is -0.394 e. The number of nitrogens with zero attached hydrogens (tertiary/aromatic N) is 6. The first kappa shape index (κ1) is 26.3. The van der Waals surface area contributed by atoms with E-state index in [2.05, 4.69) is 40.8 Å². The topological polar surface area (TPSA) is 282 Å². The van der Waals surface area contributed by atoms with E-state index in [1.54, 1.807) is 4.57 Å². The molecule has 0 amide bonds. The average Bonchev–Trinajstić information content (AvgIpc) is 3.68. The lowest BCUT2D eigenvalue weighted by Crippen LogP contribution is -2.47. The zero-order chi connectivity index (χ0) is 28.1. The number of aliphatic hydroxyl groups is 3. The number of nitrogens with one attached hydrogen (secondary N) is 4. The number of nitrogens with two attached hydrogens (primary N) is 2. The van der Waals surface area contributed by atoms with Crippen LogP contribution in [0.25, 0.3) is 22.3 Å². The summed E-state index contributed by atoms with van der Waals surface area (Å²) in [6, 6.07) is -0.327. The molecule has 2 saturated heterocycles. The van der Waals surface area contributed by atoms with E-state index in [9.17, 15) is 24.9 Å². The number of hydrogen-bond donors (Lipinski definition) is 9. The highest BCUT2D eigenvalue weighted by Crippen LogP contribution is 2.33. The number of hydrazine groups is 1. The van der Waals surface area contributed by atoms with Gasteiger partial charge in [-0.05, 0) is 6.42 Å². The highest BCUT2D eigenvalue weighted by atomic mass is 16.6. The maximum atomic E-state index is 12.1. The summed E-state index contributed by atoms with van der Waals surface area (Å²) in [7, 11) is 0. The second-order valence-electron chi connectivity index (χ2n) is 9.61. The van der Waals surface area contributed by atoms with E-state index in [-0.39, 0.29) is 46.9 Å². The van der Waals surface area contributed by atoms with Crippen LogP contribution in [0.4, 0.5) is 11.9 Å². The zero-order valence-corrected chi connectivity index (χ0v) is 20.8. The van der Waals surface area contributed by atoms with Crippen LogP contribution in [0.1, 0.15) is 25.3 Å². The van der Waals surface area contributed by atoms with Crippen molar-refractivity contribution in [3.05, 3.63) is 33.4 Å². The third kappa shape index (κ3) is 4.48. The predicted octanol–water partition coefficient (Wildman–Crippen LogP) is -3.83. The lowest BCUT2D eigenvalue weighted by Gasteiger charge is -2.19. The van der Waals surface area contributed by atoms with Crippen LogP contribution in [0.3, 0.4) is 0 Å². The minimum absolute atomic E-state index is 0.0269. The smallest absolute Gasteiger partial charge is 0.280 e. The van der Waals surface area contributed by atoms with Gasteiger partial charge >= 0.3 is 0 Å². The maximum Gasteiger partial charge on any atom is 0.280 e. The Labute approximate surface area is 223 Å². The van der Waals surface area contributed by atoms with E-state index in [1.165, 1.54) is 17.2 Å². The van der Waals surface area contributed by atoms with Gasteiger partial charge in [0.05, 0.1) is 37.5 Å². The van der Waals surface area contributed by atoms with E-state index in [0.29, 0.717) is 19.4 Å². The predicted molar refractivity (Wildman–Crippen MR) is 136 cm³/mol. The fraction of sp³-hybridized carbons (Fsp3) is 0.524. The third-order valence-corrected chi connectivity index (χ3v) is 7.08. The Bertz CT molecular complexity index is 1640. The van der Waals surface area contributed by atoms with Crippen LogP contribution in [0, 0.1) is 0 Å². The number of H-pyrrole nitrogens is 2. The van der Waals surface area contributed by atoms with E-state index < -0.39 is 48.0 Å². The molecule has 6 heterocycles. The third-order valence-electron chi connectivity index (χ3n) is 7.08. The Morgan fingerprint density at radius 2 is 1.57 bits per heavy atom. The Morgan fingerprint density at radius 1 is 0.950 bits per heavy atom.